The number of ether oxygens (including phenoxy) is 1. The minimum absolute atomic E-state index is 0.0269. The van der Waals surface area contributed by atoms with Gasteiger partial charge in [-0.2, -0.15) is 0 Å². The Balaban J connectivity index is 2.07. The molecule has 2 rings (SSSR count). The molecule has 0 unspecified atom stereocenters. The summed E-state index contributed by atoms with van der Waals surface area (Å²) in [6, 6.07) is 3.74. The van der Waals surface area contributed by atoms with Crippen LogP contribution >= 0.6 is 11.6 Å². The molecule has 116 valence electrons. The van der Waals surface area contributed by atoms with E-state index in [0.717, 1.165) is 31.7 Å². The zero-order valence-electron chi connectivity index (χ0n) is 11.5. The minimum atomic E-state index is -3.88. The van der Waals surface area contributed by atoms with Crippen LogP contribution in [0.15, 0.2) is 23.1 Å². The average molecular weight is 332 g/mol. The van der Waals surface area contributed by atoms with Crippen molar-refractivity contribution in [3.63, 3.8) is 0 Å². The van der Waals surface area contributed by atoms with Crippen molar-refractivity contribution in [3.8, 4) is 0 Å². The lowest BCUT2D eigenvalue weighted by Gasteiger charge is -2.21. The van der Waals surface area contributed by atoms with Crippen LogP contribution < -0.4 is 5.14 Å². The van der Waals surface area contributed by atoms with Crippen molar-refractivity contribution in [2.45, 2.75) is 37.0 Å². The molecule has 0 saturated heterocycles. The molecular weight excluding hydrogens is 314 g/mol. The van der Waals surface area contributed by atoms with Gasteiger partial charge in [-0.05, 0) is 37.0 Å². The number of hydrogen-bond donors (Lipinski definition) is 1. The number of sulfonamides is 1. The Hall–Kier alpha value is -1.11. The zero-order valence-corrected chi connectivity index (χ0v) is 13.1. The summed E-state index contributed by atoms with van der Waals surface area (Å²) in [5, 5.41) is 5.19. The van der Waals surface area contributed by atoms with Gasteiger partial charge in [-0.3, -0.25) is 0 Å². The maximum atomic E-state index is 12.0. The summed E-state index contributed by atoms with van der Waals surface area (Å²) in [4.78, 5) is 11.9. The van der Waals surface area contributed by atoms with E-state index in [9.17, 15) is 13.2 Å². The van der Waals surface area contributed by atoms with Gasteiger partial charge in [-0.25, -0.2) is 18.4 Å². The van der Waals surface area contributed by atoms with Crippen molar-refractivity contribution in [2.75, 3.05) is 6.61 Å². The van der Waals surface area contributed by atoms with E-state index in [0.29, 0.717) is 12.5 Å². The molecule has 5 nitrogen and oxygen atoms in total. The molecule has 1 aromatic carbocycles. The molecule has 7 heteroatoms. The third-order valence-corrected chi connectivity index (χ3v) is 4.90. The number of carbonyl (C=O) groups excluding carboxylic acids is 1. The number of benzene rings is 1. The van der Waals surface area contributed by atoms with Crippen LogP contribution in [-0.2, 0) is 14.8 Å². The van der Waals surface area contributed by atoms with Gasteiger partial charge in [-0.1, -0.05) is 30.9 Å². The summed E-state index contributed by atoms with van der Waals surface area (Å²) in [6.45, 7) is 0.342. The summed E-state index contributed by atoms with van der Waals surface area (Å²) >= 11 is 5.93. The van der Waals surface area contributed by atoms with Gasteiger partial charge in [0.25, 0.3) is 0 Å². The summed E-state index contributed by atoms with van der Waals surface area (Å²) in [6.07, 6.45) is 5.65. The Morgan fingerprint density at radius 2 is 1.95 bits per heavy atom. The van der Waals surface area contributed by atoms with Gasteiger partial charge in [0.2, 0.25) is 10.0 Å². The molecule has 1 aromatic rings. The van der Waals surface area contributed by atoms with Crippen molar-refractivity contribution in [2.24, 2.45) is 11.1 Å². The van der Waals surface area contributed by atoms with Crippen LogP contribution in [0.25, 0.3) is 0 Å². The summed E-state index contributed by atoms with van der Waals surface area (Å²) in [7, 11) is -3.88. The highest BCUT2D eigenvalue weighted by Gasteiger charge is 2.19. The first-order valence-electron chi connectivity index (χ1n) is 6.87. The van der Waals surface area contributed by atoms with Crippen LogP contribution in [-0.4, -0.2) is 21.0 Å². The number of rotatable bonds is 4. The van der Waals surface area contributed by atoms with Crippen LogP contribution in [0.2, 0.25) is 5.02 Å². The van der Waals surface area contributed by atoms with Crippen molar-refractivity contribution in [1.29, 1.82) is 0 Å². The quantitative estimate of drug-likeness (QED) is 0.859. The summed E-state index contributed by atoms with van der Waals surface area (Å²) < 4.78 is 27.9. The van der Waals surface area contributed by atoms with Crippen LogP contribution in [0.3, 0.4) is 0 Å². The Morgan fingerprint density at radius 3 is 2.57 bits per heavy atom. The number of halogens is 1. The predicted molar refractivity (Wildman–Crippen MR) is 79.7 cm³/mol. The van der Waals surface area contributed by atoms with E-state index >= 15 is 0 Å². The smallest absolute Gasteiger partial charge is 0.339 e. The third kappa shape index (κ3) is 4.43. The fraction of sp³-hybridized carbons (Fsp3) is 0.500. The monoisotopic (exact) mass is 331 g/mol. The van der Waals surface area contributed by atoms with Gasteiger partial charge in [0.15, 0.2) is 0 Å². The van der Waals surface area contributed by atoms with E-state index in [2.05, 4.69) is 0 Å². The van der Waals surface area contributed by atoms with Crippen LogP contribution in [0.4, 0.5) is 0 Å². The molecule has 0 amide bonds. The van der Waals surface area contributed by atoms with Gasteiger partial charge >= 0.3 is 5.97 Å². The highest BCUT2D eigenvalue weighted by molar-refractivity contribution is 7.89. The zero-order chi connectivity index (χ0) is 15.5. The Bertz CT molecular complexity index is 624. The SMILES string of the molecule is NS(=O)(=O)c1ccc(Cl)c(C(=O)OCC2CCCCC2)c1. The first-order chi connectivity index (χ1) is 9.88. The first kappa shape index (κ1) is 16.3. The molecule has 1 fully saturated rings. The van der Waals surface area contributed by atoms with E-state index in [1.807, 2.05) is 0 Å². The molecule has 2 N–H and O–H groups in total. The van der Waals surface area contributed by atoms with Crippen LogP contribution in [0.1, 0.15) is 42.5 Å². The van der Waals surface area contributed by atoms with E-state index in [4.69, 9.17) is 21.5 Å². The molecule has 0 atom stereocenters. The van der Waals surface area contributed by atoms with Crippen LogP contribution in [0.5, 0.6) is 0 Å². The van der Waals surface area contributed by atoms with Gasteiger partial charge in [0.05, 0.1) is 22.1 Å². The second kappa shape index (κ2) is 6.77. The number of esters is 1. The molecule has 21 heavy (non-hydrogen) atoms. The number of nitrogens with two attached hydrogens (primary N) is 1. The topological polar surface area (TPSA) is 86.5 Å². The van der Waals surface area contributed by atoms with Crippen molar-refractivity contribution < 1.29 is 17.9 Å². The number of carbonyl (C=O) groups is 1. The van der Waals surface area contributed by atoms with Crippen molar-refractivity contribution in [3.05, 3.63) is 28.8 Å². The maximum absolute atomic E-state index is 12.0. The Morgan fingerprint density at radius 1 is 1.29 bits per heavy atom. The van der Waals surface area contributed by atoms with Gasteiger partial charge < -0.3 is 4.74 Å². The molecular formula is C14H18ClNO4S. The molecule has 0 aromatic heterocycles. The van der Waals surface area contributed by atoms with Gasteiger partial charge in [0.1, 0.15) is 0 Å². The van der Waals surface area contributed by atoms with E-state index in [-0.39, 0.29) is 15.5 Å². The normalized spacial score (nSPS) is 16.7. The second-order valence-electron chi connectivity index (χ2n) is 5.29. The molecule has 1 saturated carbocycles. The highest BCUT2D eigenvalue weighted by Crippen LogP contribution is 2.25. The molecule has 0 spiro atoms. The van der Waals surface area contributed by atoms with Gasteiger partial charge in [-0.15, -0.1) is 0 Å². The van der Waals surface area contributed by atoms with E-state index < -0.39 is 16.0 Å². The molecule has 1 aliphatic rings. The first-order valence-corrected chi connectivity index (χ1v) is 8.80. The standard InChI is InChI=1S/C14H18ClNO4S/c15-13-7-6-11(21(16,18)19)8-12(13)14(17)20-9-10-4-2-1-3-5-10/h6-8,10H,1-5,9H2,(H2,16,18,19). The largest absolute Gasteiger partial charge is 0.462 e. The van der Waals surface area contributed by atoms with E-state index in [1.165, 1.54) is 18.6 Å². The fourth-order valence-electron chi connectivity index (χ4n) is 2.46. The molecule has 0 bridgehead atoms. The lowest BCUT2D eigenvalue weighted by atomic mass is 9.90. The summed E-state index contributed by atoms with van der Waals surface area (Å²) in [5.41, 5.74) is 0.0269. The lowest BCUT2D eigenvalue weighted by molar-refractivity contribution is 0.0410. The molecule has 0 heterocycles. The van der Waals surface area contributed by atoms with Crippen molar-refractivity contribution in [1.82, 2.24) is 0 Å². The third-order valence-electron chi connectivity index (χ3n) is 3.66. The molecule has 0 aliphatic heterocycles. The number of hydrogen-bond acceptors (Lipinski definition) is 4. The fourth-order valence-corrected chi connectivity index (χ4v) is 3.20. The minimum Gasteiger partial charge on any atom is -0.462 e. The maximum Gasteiger partial charge on any atom is 0.339 e. The lowest BCUT2D eigenvalue weighted by Crippen LogP contribution is -2.18. The van der Waals surface area contributed by atoms with E-state index in [1.54, 1.807) is 0 Å². The Kier molecular flexibility index (Phi) is 5.24. The Labute approximate surface area is 129 Å². The van der Waals surface area contributed by atoms with Gasteiger partial charge in [0, 0.05) is 0 Å². The average Bonchev–Trinajstić information content (AvgIpc) is 2.45. The highest BCUT2D eigenvalue weighted by atomic mass is 35.5. The number of primary sulfonamides is 1. The predicted octanol–water partition coefficient (Wildman–Crippen LogP) is 2.72. The summed E-state index contributed by atoms with van der Waals surface area (Å²) in [5.74, 6) is -0.237. The molecule has 0 radical (unpaired) electrons. The molecule has 1 aliphatic carbocycles. The van der Waals surface area contributed by atoms with Crippen molar-refractivity contribution >= 4 is 27.6 Å². The van der Waals surface area contributed by atoms with Crippen LogP contribution in [0, 0.1) is 5.92 Å². The second-order valence-corrected chi connectivity index (χ2v) is 7.26.